The van der Waals surface area contributed by atoms with Crippen molar-refractivity contribution in [3.8, 4) is 6.07 Å². The Morgan fingerprint density at radius 2 is 2.25 bits per heavy atom. The molecule has 0 aromatic heterocycles. The molecule has 1 fully saturated rings. The molecule has 0 aliphatic carbocycles. The van der Waals surface area contributed by atoms with Crippen LogP contribution in [0, 0.1) is 17.2 Å². The van der Waals surface area contributed by atoms with Gasteiger partial charge in [-0.3, -0.25) is 4.79 Å². The average Bonchev–Trinajstić information content (AvgIpc) is 2.87. The molecular weight excluding hydrogens is 280 g/mol. The first-order valence-corrected chi connectivity index (χ1v) is 7.59. The molecule has 0 amide bonds. The number of rotatable bonds is 4. The lowest BCUT2D eigenvalue weighted by atomic mass is 10.1. The van der Waals surface area contributed by atoms with E-state index in [1.54, 1.807) is 0 Å². The zero-order valence-corrected chi connectivity index (χ0v) is 11.5. The van der Waals surface area contributed by atoms with E-state index in [-0.39, 0.29) is 29.3 Å². The van der Waals surface area contributed by atoms with Crippen LogP contribution in [0.25, 0.3) is 0 Å². The van der Waals surface area contributed by atoms with Crippen LogP contribution in [0.4, 0.5) is 0 Å². The average molecular weight is 294 g/mol. The molecule has 20 heavy (non-hydrogen) atoms. The molecule has 7 heteroatoms. The summed E-state index contributed by atoms with van der Waals surface area (Å²) < 4.78 is 26.1. The van der Waals surface area contributed by atoms with E-state index in [1.807, 2.05) is 6.07 Å². The molecule has 1 heterocycles. The number of carboxylic acids is 1. The van der Waals surface area contributed by atoms with Gasteiger partial charge in [-0.1, -0.05) is 6.07 Å². The second-order valence-electron chi connectivity index (χ2n) is 4.76. The Balaban J connectivity index is 2.19. The molecule has 0 radical (unpaired) electrons. The topological polar surface area (TPSA) is 98.5 Å². The Morgan fingerprint density at radius 3 is 2.90 bits per heavy atom. The standard InChI is InChI=1S/C13H14N2O4S/c14-8-10-2-1-3-12(6-10)20(18,19)15-5-4-11(9-15)7-13(16)17/h1-3,6,11H,4-5,7,9H2,(H,16,17). The molecule has 1 N–H and O–H groups in total. The summed E-state index contributed by atoms with van der Waals surface area (Å²) in [6.45, 7) is 0.530. The zero-order chi connectivity index (χ0) is 14.8. The third-order valence-electron chi connectivity index (χ3n) is 3.31. The number of hydrogen-bond acceptors (Lipinski definition) is 4. The lowest BCUT2D eigenvalue weighted by Gasteiger charge is -2.16. The van der Waals surface area contributed by atoms with Crippen molar-refractivity contribution in [1.29, 1.82) is 5.26 Å². The number of benzene rings is 1. The van der Waals surface area contributed by atoms with Crippen LogP contribution in [0.2, 0.25) is 0 Å². The SMILES string of the molecule is N#Cc1cccc(S(=O)(=O)N2CCC(CC(=O)O)C2)c1. The summed E-state index contributed by atoms with van der Waals surface area (Å²) in [5.74, 6) is -1.07. The molecule has 0 bridgehead atoms. The number of aliphatic carboxylic acids is 1. The van der Waals surface area contributed by atoms with E-state index in [9.17, 15) is 13.2 Å². The van der Waals surface area contributed by atoms with Crippen LogP contribution < -0.4 is 0 Å². The number of carbonyl (C=O) groups is 1. The first-order chi connectivity index (χ1) is 9.43. The number of nitriles is 1. The quantitative estimate of drug-likeness (QED) is 0.894. The molecular formula is C13H14N2O4S. The molecule has 2 rings (SSSR count). The van der Waals surface area contributed by atoms with Crippen LogP contribution >= 0.6 is 0 Å². The van der Waals surface area contributed by atoms with E-state index < -0.39 is 16.0 Å². The maximum atomic E-state index is 12.4. The van der Waals surface area contributed by atoms with Crippen LogP contribution in [-0.4, -0.2) is 36.9 Å². The van der Waals surface area contributed by atoms with Crippen LogP contribution in [0.1, 0.15) is 18.4 Å². The van der Waals surface area contributed by atoms with Crippen molar-refractivity contribution in [2.75, 3.05) is 13.1 Å². The van der Waals surface area contributed by atoms with Gasteiger partial charge in [0.1, 0.15) is 0 Å². The highest BCUT2D eigenvalue weighted by molar-refractivity contribution is 7.89. The predicted octanol–water partition coefficient (Wildman–Crippen LogP) is 1.04. The van der Waals surface area contributed by atoms with Crippen molar-refractivity contribution in [3.05, 3.63) is 29.8 Å². The minimum Gasteiger partial charge on any atom is -0.481 e. The Bertz CT molecular complexity index is 663. The number of hydrogen-bond donors (Lipinski definition) is 1. The second kappa shape index (κ2) is 5.61. The predicted molar refractivity (Wildman–Crippen MR) is 70.3 cm³/mol. The summed E-state index contributed by atoms with van der Waals surface area (Å²) in [5, 5.41) is 17.6. The van der Waals surface area contributed by atoms with Crippen LogP contribution in [0.15, 0.2) is 29.2 Å². The van der Waals surface area contributed by atoms with E-state index >= 15 is 0 Å². The zero-order valence-electron chi connectivity index (χ0n) is 10.7. The van der Waals surface area contributed by atoms with Crippen LogP contribution in [-0.2, 0) is 14.8 Å². The van der Waals surface area contributed by atoms with Gasteiger partial charge >= 0.3 is 5.97 Å². The number of sulfonamides is 1. The summed E-state index contributed by atoms with van der Waals surface area (Å²) in [5.41, 5.74) is 0.285. The Morgan fingerprint density at radius 1 is 1.50 bits per heavy atom. The second-order valence-corrected chi connectivity index (χ2v) is 6.69. The van der Waals surface area contributed by atoms with Gasteiger partial charge in [0.2, 0.25) is 10.0 Å². The highest BCUT2D eigenvalue weighted by Gasteiger charge is 2.33. The largest absolute Gasteiger partial charge is 0.481 e. The van der Waals surface area contributed by atoms with Crippen molar-refractivity contribution < 1.29 is 18.3 Å². The molecule has 1 aliphatic rings. The molecule has 1 aromatic rings. The minimum absolute atomic E-state index is 0.0236. The summed E-state index contributed by atoms with van der Waals surface area (Å²) in [7, 11) is -3.65. The molecule has 106 valence electrons. The van der Waals surface area contributed by atoms with Gasteiger partial charge in [0.15, 0.2) is 0 Å². The summed E-state index contributed by atoms with van der Waals surface area (Å²) in [4.78, 5) is 10.7. The Kier molecular flexibility index (Phi) is 4.06. The lowest BCUT2D eigenvalue weighted by Crippen LogP contribution is -2.29. The fraction of sp³-hybridized carbons (Fsp3) is 0.385. The van der Waals surface area contributed by atoms with Gasteiger partial charge < -0.3 is 5.11 Å². The molecule has 0 spiro atoms. The molecule has 1 unspecified atom stereocenters. The number of nitrogens with zero attached hydrogens (tertiary/aromatic N) is 2. The fourth-order valence-electron chi connectivity index (χ4n) is 2.30. The third kappa shape index (κ3) is 2.98. The van der Waals surface area contributed by atoms with Crippen molar-refractivity contribution in [3.63, 3.8) is 0 Å². The van der Waals surface area contributed by atoms with Gasteiger partial charge in [0, 0.05) is 19.5 Å². The maximum absolute atomic E-state index is 12.4. The monoisotopic (exact) mass is 294 g/mol. The van der Waals surface area contributed by atoms with E-state index in [0.29, 0.717) is 13.0 Å². The maximum Gasteiger partial charge on any atom is 0.303 e. The normalized spacial score (nSPS) is 19.6. The highest BCUT2D eigenvalue weighted by Crippen LogP contribution is 2.26. The van der Waals surface area contributed by atoms with Gasteiger partial charge in [0.25, 0.3) is 0 Å². The van der Waals surface area contributed by atoms with Gasteiger partial charge in [-0.2, -0.15) is 9.57 Å². The smallest absolute Gasteiger partial charge is 0.303 e. The minimum atomic E-state index is -3.65. The van der Waals surface area contributed by atoms with E-state index in [1.165, 1.54) is 28.6 Å². The Hall–Kier alpha value is -1.91. The summed E-state index contributed by atoms with van der Waals surface area (Å²) in [6, 6.07) is 7.74. The van der Waals surface area contributed by atoms with Crippen LogP contribution in [0.3, 0.4) is 0 Å². The Labute approximate surface area is 117 Å². The molecule has 6 nitrogen and oxygen atoms in total. The van der Waals surface area contributed by atoms with Gasteiger partial charge in [0.05, 0.1) is 16.5 Å². The molecule has 0 saturated carbocycles. The van der Waals surface area contributed by atoms with Crippen LogP contribution in [0.5, 0.6) is 0 Å². The van der Waals surface area contributed by atoms with E-state index in [2.05, 4.69) is 0 Å². The van der Waals surface area contributed by atoms with Gasteiger partial charge in [-0.25, -0.2) is 8.42 Å². The van der Waals surface area contributed by atoms with Crippen molar-refractivity contribution in [2.45, 2.75) is 17.7 Å². The van der Waals surface area contributed by atoms with Gasteiger partial charge in [-0.05, 0) is 30.5 Å². The first-order valence-electron chi connectivity index (χ1n) is 6.15. The van der Waals surface area contributed by atoms with Crippen molar-refractivity contribution in [1.82, 2.24) is 4.31 Å². The van der Waals surface area contributed by atoms with E-state index in [4.69, 9.17) is 10.4 Å². The molecule has 1 aromatic carbocycles. The molecule has 1 saturated heterocycles. The fourth-order valence-corrected chi connectivity index (χ4v) is 3.88. The molecule has 1 aliphatic heterocycles. The lowest BCUT2D eigenvalue weighted by molar-refractivity contribution is -0.137. The van der Waals surface area contributed by atoms with E-state index in [0.717, 1.165) is 0 Å². The highest BCUT2D eigenvalue weighted by atomic mass is 32.2. The summed E-state index contributed by atoms with van der Waals surface area (Å²) in [6.07, 6.45) is 0.522. The summed E-state index contributed by atoms with van der Waals surface area (Å²) >= 11 is 0. The number of carboxylic acid groups (broad SMARTS) is 1. The third-order valence-corrected chi connectivity index (χ3v) is 5.17. The van der Waals surface area contributed by atoms with Crippen molar-refractivity contribution >= 4 is 16.0 Å². The first kappa shape index (κ1) is 14.5. The molecule has 1 atom stereocenters. The van der Waals surface area contributed by atoms with Crippen molar-refractivity contribution in [2.24, 2.45) is 5.92 Å². The van der Waals surface area contributed by atoms with Gasteiger partial charge in [-0.15, -0.1) is 0 Å².